The molecule has 1 heterocycles. The summed E-state index contributed by atoms with van der Waals surface area (Å²) in [5, 5.41) is 3.16. The Hall–Kier alpha value is -0.130. The lowest BCUT2D eigenvalue weighted by atomic mass is 10.0. The van der Waals surface area contributed by atoms with Crippen LogP contribution in [0.1, 0.15) is 40.0 Å². The van der Waals surface area contributed by atoms with Crippen molar-refractivity contribution < 1.29 is 8.42 Å². The van der Waals surface area contributed by atoms with Gasteiger partial charge in [0, 0.05) is 25.7 Å². The summed E-state index contributed by atoms with van der Waals surface area (Å²) in [6.07, 6.45) is 3.33. The van der Waals surface area contributed by atoms with Gasteiger partial charge in [-0.05, 0) is 18.8 Å². The number of nitrogens with zero attached hydrogens (tertiary/aromatic N) is 1. The maximum Gasteiger partial charge on any atom is 0.215 e. The first-order valence-electron chi connectivity index (χ1n) is 6.67. The fourth-order valence-electron chi connectivity index (χ4n) is 2.30. The zero-order chi connectivity index (χ0) is 12.9. The van der Waals surface area contributed by atoms with Gasteiger partial charge < -0.3 is 5.32 Å². The van der Waals surface area contributed by atoms with Crippen LogP contribution in [0.3, 0.4) is 0 Å². The summed E-state index contributed by atoms with van der Waals surface area (Å²) in [5.74, 6) is 0.803. The van der Waals surface area contributed by atoms with E-state index >= 15 is 0 Å². The molecule has 1 saturated heterocycles. The second-order valence-corrected chi connectivity index (χ2v) is 7.31. The summed E-state index contributed by atoms with van der Waals surface area (Å²) < 4.78 is 25.8. The number of hydrogen-bond acceptors (Lipinski definition) is 3. The molecule has 1 N–H and O–H groups in total. The van der Waals surface area contributed by atoms with Crippen molar-refractivity contribution in [1.29, 1.82) is 0 Å². The van der Waals surface area contributed by atoms with Crippen LogP contribution in [0.15, 0.2) is 0 Å². The van der Waals surface area contributed by atoms with Gasteiger partial charge in [-0.25, -0.2) is 12.7 Å². The predicted octanol–water partition coefficient (Wildman–Crippen LogP) is 1.44. The Morgan fingerprint density at radius 1 is 1.41 bits per heavy atom. The Morgan fingerprint density at radius 3 is 2.71 bits per heavy atom. The zero-order valence-electron chi connectivity index (χ0n) is 11.3. The lowest BCUT2D eigenvalue weighted by molar-refractivity contribution is 0.443. The van der Waals surface area contributed by atoms with Crippen molar-refractivity contribution in [2.75, 3.05) is 25.4 Å². The van der Waals surface area contributed by atoms with Crippen LogP contribution in [0.5, 0.6) is 0 Å². The third-order valence-electron chi connectivity index (χ3n) is 3.25. The molecule has 0 aromatic heterocycles. The SMILES string of the molecule is CCCC1CCN(S(=O)(=O)CCNC(C)C)C1. The lowest BCUT2D eigenvalue weighted by Crippen LogP contribution is -2.36. The highest BCUT2D eigenvalue weighted by Gasteiger charge is 2.30. The molecule has 0 amide bonds. The van der Waals surface area contributed by atoms with Crippen LogP contribution >= 0.6 is 0 Å². The van der Waals surface area contributed by atoms with Crippen molar-refractivity contribution in [3.8, 4) is 0 Å². The van der Waals surface area contributed by atoms with Crippen molar-refractivity contribution in [3.63, 3.8) is 0 Å². The average molecular weight is 262 g/mol. The number of rotatable bonds is 7. The molecule has 4 nitrogen and oxygen atoms in total. The van der Waals surface area contributed by atoms with Crippen LogP contribution in [-0.2, 0) is 10.0 Å². The Morgan fingerprint density at radius 2 is 2.12 bits per heavy atom. The van der Waals surface area contributed by atoms with E-state index in [2.05, 4.69) is 12.2 Å². The van der Waals surface area contributed by atoms with Crippen LogP contribution < -0.4 is 5.32 Å². The van der Waals surface area contributed by atoms with E-state index in [0.717, 1.165) is 25.8 Å². The molecule has 0 bridgehead atoms. The Bertz CT molecular complexity index is 314. The normalized spacial score (nSPS) is 22.5. The van der Waals surface area contributed by atoms with Crippen molar-refractivity contribution in [2.24, 2.45) is 5.92 Å². The standard InChI is InChI=1S/C12H26N2O2S/c1-4-5-12-6-8-14(10-12)17(15,16)9-7-13-11(2)3/h11-13H,4-10H2,1-3H3. The van der Waals surface area contributed by atoms with Crippen LogP contribution in [0, 0.1) is 5.92 Å². The minimum atomic E-state index is -3.04. The van der Waals surface area contributed by atoms with Crippen molar-refractivity contribution >= 4 is 10.0 Å². The zero-order valence-corrected chi connectivity index (χ0v) is 12.1. The summed E-state index contributed by atoms with van der Waals surface area (Å²) in [4.78, 5) is 0. The van der Waals surface area contributed by atoms with Crippen molar-refractivity contribution in [3.05, 3.63) is 0 Å². The molecule has 1 fully saturated rings. The Balaban J connectivity index is 2.38. The molecule has 0 aromatic carbocycles. The minimum Gasteiger partial charge on any atom is -0.313 e. The maximum atomic E-state index is 12.1. The second-order valence-electron chi connectivity index (χ2n) is 5.23. The van der Waals surface area contributed by atoms with E-state index in [1.807, 2.05) is 13.8 Å². The lowest BCUT2D eigenvalue weighted by Gasteiger charge is -2.17. The predicted molar refractivity (Wildman–Crippen MR) is 71.5 cm³/mol. The molecule has 0 spiro atoms. The van der Waals surface area contributed by atoms with Crippen molar-refractivity contribution in [1.82, 2.24) is 9.62 Å². The van der Waals surface area contributed by atoms with Gasteiger partial charge in [-0.15, -0.1) is 0 Å². The molecule has 5 heteroatoms. The highest BCUT2D eigenvalue weighted by atomic mass is 32.2. The molecule has 1 aliphatic rings. The molecule has 1 aliphatic heterocycles. The largest absolute Gasteiger partial charge is 0.313 e. The van der Waals surface area contributed by atoms with Gasteiger partial charge in [-0.2, -0.15) is 0 Å². The quantitative estimate of drug-likeness (QED) is 0.755. The molecule has 0 aliphatic carbocycles. The highest BCUT2D eigenvalue weighted by molar-refractivity contribution is 7.89. The van der Waals surface area contributed by atoms with E-state index in [1.54, 1.807) is 4.31 Å². The topological polar surface area (TPSA) is 49.4 Å². The summed E-state index contributed by atoms with van der Waals surface area (Å²) in [7, 11) is -3.04. The van der Waals surface area contributed by atoms with Gasteiger partial charge in [0.05, 0.1) is 5.75 Å². The van der Waals surface area contributed by atoms with E-state index in [4.69, 9.17) is 0 Å². The van der Waals surface area contributed by atoms with E-state index in [1.165, 1.54) is 0 Å². The minimum absolute atomic E-state index is 0.226. The summed E-state index contributed by atoms with van der Waals surface area (Å²) in [6, 6.07) is 0.344. The number of sulfonamides is 1. The van der Waals surface area contributed by atoms with Crippen molar-refractivity contribution in [2.45, 2.75) is 46.1 Å². The first kappa shape index (κ1) is 14.9. The molecule has 0 saturated carbocycles. The first-order valence-corrected chi connectivity index (χ1v) is 8.27. The van der Waals surface area contributed by atoms with Crippen LogP contribution in [0.25, 0.3) is 0 Å². The van der Waals surface area contributed by atoms with Gasteiger partial charge in [0.1, 0.15) is 0 Å². The van der Waals surface area contributed by atoms with Gasteiger partial charge >= 0.3 is 0 Å². The summed E-state index contributed by atoms with van der Waals surface area (Å²) in [6.45, 7) is 8.21. The fourth-order valence-corrected chi connectivity index (χ4v) is 3.75. The van der Waals surface area contributed by atoms with Gasteiger partial charge in [-0.3, -0.25) is 0 Å². The smallest absolute Gasteiger partial charge is 0.215 e. The van der Waals surface area contributed by atoms with Gasteiger partial charge in [0.2, 0.25) is 10.0 Å². The van der Waals surface area contributed by atoms with E-state index < -0.39 is 10.0 Å². The highest BCUT2D eigenvalue weighted by Crippen LogP contribution is 2.23. The monoisotopic (exact) mass is 262 g/mol. The van der Waals surface area contributed by atoms with Crippen LogP contribution in [0.2, 0.25) is 0 Å². The molecule has 0 radical (unpaired) electrons. The second kappa shape index (κ2) is 6.71. The fraction of sp³-hybridized carbons (Fsp3) is 1.00. The van der Waals surface area contributed by atoms with Gasteiger partial charge in [-0.1, -0.05) is 27.2 Å². The van der Waals surface area contributed by atoms with Gasteiger partial charge in [0.25, 0.3) is 0 Å². The number of nitrogens with one attached hydrogen (secondary N) is 1. The third kappa shape index (κ3) is 4.94. The third-order valence-corrected chi connectivity index (χ3v) is 5.09. The first-order chi connectivity index (χ1) is 7.95. The van der Waals surface area contributed by atoms with Gasteiger partial charge in [0.15, 0.2) is 0 Å². The number of hydrogen-bond donors (Lipinski definition) is 1. The average Bonchev–Trinajstić information content (AvgIpc) is 2.66. The van der Waals surface area contributed by atoms with E-state index in [9.17, 15) is 8.42 Å². The summed E-state index contributed by atoms with van der Waals surface area (Å²) >= 11 is 0. The van der Waals surface area contributed by atoms with E-state index in [-0.39, 0.29) is 5.75 Å². The molecular weight excluding hydrogens is 236 g/mol. The Labute approximate surface area is 106 Å². The molecule has 17 heavy (non-hydrogen) atoms. The van der Waals surface area contributed by atoms with Crippen LogP contribution in [-0.4, -0.2) is 44.2 Å². The maximum absolute atomic E-state index is 12.1. The molecular formula is C12H26N2O2S. The summed E-state index contributed by atoms with van der Waals surface area (Å²) in [5.41, 5.74) is 0. The molecule has 0 aromatic rings. The molecule has 1 unspecified atom stereocenters. The Kier molecular flexibility index (Phi) is 5.89. The molecule has 1 atom stereocenters. The molecule has 102 valence electrons. The van der Waals surface area contributed by atoms with E-state index in [0.29, 0.717) is 25.0 Å². The molecule has 1 rings (SSSR count). The van der Waals surface area contributed by atoms with Crippen LogP contribution in [0.4, 0.5) is 0 Å².